The molecule has 1 aromatic carbocycles. The van der Waals surface area contributed by atoms with E-state index in [2.05, 4.69) is 15.4 Å². The van der Waals surface area contributed by atoms with Gasteiger partial charge in [-0.3, -0.25) is 4.79 Å². The topological polar surface area (TPSA) is 50.4 Å². The summed E-state index contributed by atoms with van der Waals surface area (Å²) in [6.45, 7) is 1.08. The highest BCUT2D eigenvalue weighted by molar-refractivity contribution is 5.84. The number of piperazine rings is 1. The van der Waals surface area contributed by atoms with Crippen molar-refractivity contribution in [2.45, 2.75) is 12.4 Å². The summed E-state index contributed by atoms with van der Waals surface area (Å²) >= 11 is 0. The van der Waals surface area contributed by atoms with Crippen LogP contribution in [-0.2, 0) is 4.79 Å². The van der Waals surface area contributed by atoms with Gasteiger partial charge in [0.25, 0.3) is 0 Å². The van der Waals surface area contributed by atoms with Gasteiger partial charge in [0.1, 0.15) is 11.8 Å². The van der Waals surface area contributed by atoms with Gasteiger partial charge in [0.15, 0.2) is 0 Å². The molecule has 2 N–H and O–H groups in total. The van der Waals surface area contributed by atoms with Crippen LogP contribution < -0.4 is 15.4 Å². The van der Waals surface area contributed by atoms with Crippen LogP contribution >= 0.6 is 0 Å². The van der Waals surface area contributed by atoms with E-state index in [0.717, 1.165) is 0 Å². The SMILES string of the molecule is O=C1NCCN[C@@H]1c1cccc(OC(F)(F)F)c1. The molecule has 1 heterocycles. The van der Waals surface area contributed by atoms with E-state index in [9.17, 15) is 18.0 Å². The molecule has 0 aromatic heterocycles. The van der Waals surface area contributed by atoms with E-state index >= 15 is 0 Å². The third kappa shape index (κ3) is 3.13. The Morgan fingerprint density at radius 1 is 1.28 bits per heavy atom. The maximum absolute atomic E-state index is 12.1. The molecule has 0 bridgehead atoms. The second kappa shape index (κ2) is 4.85. The van der Waals surface area contributed by atoms with Crippen LogP contribution in [0.25, 0.3) is 0 Å². The molecule has 0 radical (unpaired) electrons. The van der Waals surface area contributed by atoms with Gasteiger partial charge in [0.2, 0.25) is 5.91 Å². The number of rotatable bonds is 2. The van der Waals surface area contributed by atoms with Crippen LogP contribution in [0.3, 0.4) is 0 Å². The molecule has 1 aliphatic rings. The van der Waals surface area contributed by atoms with Crippen LogP contribution in [0.4, 0.5) is 13.2 Å². The molecule has 1 saturated heterocycles. The Balaban J connectivity index is 2.18. The van der Waals surface area contributed by atoms with E-state index in [1.165, 1.54) is 18.2 Å². The van der Waals surface area contributed by atoms with E-state index in [-0.39, 0.29) is 11.7 Å². The normalized spacial score (nSPS) is 20.4. The fraction of sp³-hybridized carbons (Fsp3) is 0.364. The summed E-state index contributed by atoms with van der Waals surface area (Å²) in [5, 5.41) is 5.56. The minimum Gasteiger partial charge on any atom is -0.406 e. The summed E-state index contributed by atoms with van der Waals surface area (Å²) in [6, 6.07) is 4.75. The number of alkyl halides is 3. The Labute approximate surface area is 101 Å². The molecule has 7 heteroatoms. The number of hydrogen-bond donors (Lipinski definition) is 2. The van der Waals surface area contributed by atoms with Crippen LogP contribution in [0, 0.1) is 0 Å². The number of benzene rings is 1. The van der Waals surface area contributed by atoms with Crippen molar-refractivity contribution in [3.05, 3.63) is 29.8 Å². The van der Waals surface area contributed by atoms with Crippen molar-refractivity contribution in [1.29, 1.82) is 0 Å². The van der Waals surface area contributed by atoms with Gasteiger partial charge in [0, 0.05) is 13.1 Å². The Hall–Kier alpha value is -1.76. The molecule has 1 aromatic rings. The van der Waals surface area contributed by atoms with Crippen LogP contribution in [0.5, 0.6) is 5.75 Å². The van der Waals surface area contributed by atoms with Gasteiger partial charge < -0.3 is 15.4 Å². The van der Waals surface area contributed by atoms with Gasteiger partial charge in [-0.05, 0) is 17.7 Å². The van der Waals surface area contributed by atoms with Gasteiger partial charge in [0.05, 0.1) is 0 Å². The number of ether oxygens (including phenoxy) is 1. The molecule has 18 heavy (non-hydrogen) atoms. The van der Waals surface area contributed by atoms with Crippen molar-refractivity contribution in [1.82, 2.24) is 10.6 Å². The maximum atomic E-state index is 12.1. The summed E-state index contributed by atoms with van der Waals surface area (Å²) < 4.78 is 40.0. The molecule has 0 saturated carbocycles. The Bertz CT molecular complexity index is 448. The van der Waals surface area contributed by atoms with Gasteiger partial charge in [-0.15, -0.1) is 13.2 Å². The summed E-state index contributed by atoms with van der Waals surface area (Å²) in [4.78, 5) is 11.6. The molecular formula is C11H11F3N2O2. The van der Waals surface area contributed by atoms with Crippen molar-refractivity contribution in [3.8, 4) is 5.75 Å². The van der Waals surface area contributed by atoms with E-state index in [4.69, 9.17) is 0 Å². The third-order valence-electron chi connectivity index (χ3n) is 2.46. The van der Waals surface area contributed by atoms with Crippen molar-refractivity contribution >= 4 is 5.91 Å². The van der Waals surface area contributed by atoms with Gasteiger partial charge >= 0.3 is 6.36 Å². The Kier molecular flexibility index (Phi) is 3.42. The second-order valence-electron chi connectivity index (χ2n) is 3.80. The highest BCUT2D eigenvalue weighted by Crippen LogP contribution is 2.25. The molecule has 1 atom stereocenters. The first-order valence-corrected chi connectivity index (χ1v) is 5.32. The molecule has 0 aliphatic carbocycles. The van der Waals surface area contributed by atoms with Gasteiger partial charge in [-0.2, -0.15) is 0 Å². The number of halogens is 3. The molecule has 0 unspecified atom stereocenters. The lowest BCUT2D eigenvalue weighted by Gasteiger charge is -2.24. The van der Waals surface area contributed by atoms with E-state index in [0.29, 0.717) is 18.7 Å². The molecule has 1 fully saturated rings. The lowest BCUT2D eigenvalue weighted by atomic mass is 10.0. The predicted octanol–water partition coefficient (Wildman–Crippen LogP) is 1.35. The molecular weight excluding hydrogens is 249 g/mol. The van der Waals surface area contributed by atoms with Crippen molar-refractivity contribution in [2.24, 2.45) is 0 Å². The molecule has 0 spiro atoms. The summed E-state index contributed by atoms with van der Waals surface area (Å²) in [5.74, 6) is -0.592. The lowest BCUT2D eigenvalue weighted by Crippen LogP contribution is -2.47. The zero-order valence-electron chi connectivity index (χ0n) is 9.25. The van der Waals surface area contributed by atoms with Gasteiger partial charge in [-0.1, -0.05) is 12.1 Å². The van der Waals surface area contributed by atoms with E-state index < -0.39 is 12.4 Å². The number of hydrogen-bond acceptors (Lipinski definition) is 3. The highest BCUT2D eigenvalue weighted by Gasteiger charge is 2.31. The molecule has 2 rings (SSSR count). The van der Waals surface area contributed by atoms with Gasteiger partial charge in [-0.25, -0.2) is 0 Å². The van der Waals surface area contributed by atoms with Crippen molar-refractivity contribution < 1.29 is 22.7 Å². The molecule has 1 amide bonds. The number of nitrogens with one attached hydrogen (secondary N) is 2. The first-order chi connectivity index (χ1) is 8.46. The predicted molar refractivity (Wildman–Crippen MR) is 56.9 cm³/mol. The monoisotopic (exact) mass is 260 g/mol. The quantitative estimate of drug-likeness (QED) is 0.843. The third-order valence-corrected chi connectivity index (χ3v) is 2.46. The van der Waals surface area contributed by atoms with Crippen molar-refractivity contribution in [3.63, 3.8) is 0 Å². The van der Waals surface area contributed by atoms with Crippen LogP contribution in [0.1, 0.15) is 11.6 Å². The second-order valence-corrected chi connectivity index (χ2v) is 3.80. The molecule has 1 aliphatic heterocycles. The largest absolute Gasteiger partial charge is 0.573 e. The van der Waals surface area contributed by atoms with Crippen molar-refractivity contribution in [2.75, 3.05) is 13.1 Å². The smallest absolute Gasteiger partial charge is 0.406 e. The maximum Gasteiger partial charge on any atom is 0.573 e. The first-order valence-electron chi connectivity index (χ1n) is 5.32. The zero-order chi connectivity index (χ0) is 13.2. The highest BCUT2D eigenvalue weighted by atomic mass is 19.4. The molecule has 4 nitrogen and oxygen atoms in total. The average molecular weight is 260 g/mol. The number of carbonyl (C=O) groups is 1. The van der Waals surface area contributed by atoms with E-state index in [1.807, 2.05) is 0 Å². The molecule has 98 valence electrons. The average Bonchev–Trinajstić information content (AvgIpc) is 2.27. The summed E-state index contributed by atoms with van der Waals surface area (Å²) in [7, 11) is 0. The van der Waals surface area contributed by atoms with Crippen LogP contribution in [-0.4, -0.2) is 25.4 Å². The van der Waals surface area contributed by atoms with Crippen LogP contribution in [0.15, 0.2) is 24.3 Å². The van der Waals surface area contributed by atoms with Crippen LogP contribution in [0.2, 0.25) is 0 Å². The minimum absolute atomic E-state index is 0.259. The standard InChI is InChI=1S/C11H11F3N2O2/c12-11(13,14)18-8-3-1-2-7(6-8)9-10(17)16-5-4-15-9/h1-3,6,9,15H,4-5H2,(H,16,17)/t9-/m1/s1. The first kappa shape index (κ1) is 12.7. The summed E-state index contributed by atoms with van der Waals surface area (Å²) in [6.07, 6.45) is -4.74. The van der Waals surface area contributed by atoms with E-state index in [1.54, 1.807) is 6.07 Å². The Morgan fingerprint density at radius 3 is 2.72 bits per heavy atom. The lowest BCUT2D eigenvalue weighted by molar-refractivity contribution is -0.274. The minimum atomic E-state index is -4.74. The fourth-order valence-corrected chi connectivity index (χ4v) is 1.76. The zero-order valence-corrected chi connectivity index (χ0v) is 9.25. The summed E-state index contributed by atoms with van der Waals surface area (Å²) in [5.41, 5.74) is 0.439. The Morgan fingerprint density at radius 2 is 2.06 bits per heavy atom. The number of amides is 1. The number of carbonyl (C=O) groups excluding carboxylic acids is 1. The fourth-order valence-electron chi connectivity index (χ4n) is 1.76.